The molecule has 3 rings (SSSR count). The number of furan rings is 1. The average Bonchev–Trinajstić information content (AvgIpc) is 3.24. The highest BCUT2D eigenvalue weighted by Crippen LogP contribution is 2.24. The summed E-state index contributed by atoms with van der Waals surface area (Å²) < 4.78 is 6.93. The fourth-order valence-electron chi connectivity index (χ4n) is 2.53. The third-order valence-corrected chi connectivity index (χ3v) is 3.77. The second kappa shape index (κ2) is 6.05. The molecular weight excluding hydrogens is 284 g/mol. The van der Waals surface area contributed by atoms with Crippen LogP contribution in [-0.2, 0) is 22.7 Å². The van der Waals surface area contributed by atoms with Crippen molar-refractivity contribution in [2.24, 2.45) is 5.92 Å². The highest BCUT2D eigenvalue weighted by molar-refractivity contribution is 6.00. The molecule has 1 fully saturated rings. The molecule has 1 saturated heterocycles. The zero-order chi connectivity index (χ0) is 15.5. The number of anilines is 1. The van der Waals surface area contributed by atoms with E-state index in [0.717, 1.165) is 12.2 Å². The van der Waals surface area contributed by atoms with Crippen LogP contribution in [-0.4, -0.2) is 28.1 Å². The molecule has 0 aromatic carbocycles. The predicted molar refractivity (Wildman–Crippen MR) is 78.9 cm³/mol. The van der Waals surface area contributed by atoms with Gasteiger partial charge in [-0.15, -0.1) is 0 Å². The highest BCUT2D eigenvalue weighted by atomic mass is 16.3. The lowest BCUT2D eigenvalue weighted by molar-refractivity contribution is -0.126. The molecule has 0 spiro atoms. The fourth-order valence-corrected chi connectivity index (χ4v) is 2.53. The van der Waals surface area contributed by atoms with Gasteiger partial charge in [-0.05, 0) is 19.1 Å². The summed E-state index contributed by atoms with van der Waals surface area (Å²) in [5, 5.41) is 6.97. The molecule has 1 unspecified atom stereocenters. The molecule has 1 aliphatic rings. The minimum atomic E-state index is -0.340. The number of nitrogens with zero attached hydrogens (tertiary/aromatic N) is 3. The number of nitrogens with one attached hydrogen (secondary N) is 1. The van der Waals surface area contributed by atoms with Crippen molar-refractivity contribution in [1.29, 1.82) is 0 Å². The van der Waals surface area contributed by atoms with Crippen LogP contribution >= 0.6 is 0 Å². The molecule has 0 aliphatic carbocycles. The molecule has 2 amide bonds. The van der Waals surface area contributed by atoms with Gasteiger partial charge in [-0.2, -0.15) is 5.10 Å². The van der Waals surface area contributed by atoms with Crippen molar-refractivity contribution in [2.75, 3.05) is 11.4 Å². The summed E-state index contributed by atoms with van der Waals surface area (Å²) >= 11 is 0. The molecule has 2 aromatic rings. The third kappa shape index (κ3) is 2.88. The largest absolute Gasteiger partial charge is 0.467 e. The van der Waals surface area contributed by atoms with Gasteiger partial charge >= 0.3 is 0 Å². The van der Waals surface area contributed by atoms with E-state index in [-0.39, 0.29) is 24.2 Å². The Balaban J connectivity index is 1.60. The second-order valence-electron chi connectivity index (χ2n) is 5.26. The van der Waals surface area contributed by atoms with Crippen molar-refractivity contribution in [3.8, 4) is 0 Å². The second-order valence-corrected chi connectivity index (χ2v) is 5.26. The SMILES string of the molecule is CCn1cc(N2CC(C(=O)NCc3ccco3)CC2=O)cn1. The maximum absolute atomic E-state index is 12.2. The van der Waals surface area contributed by atoms with E-state index in [1.54, 1.807) is 34.2 Å². The Kier molecular flexibility index (Phi) is 3.95. The lowest BCUT2D eigenvalue weighted by atomic mass is 10.1. The van der Waals surface area contributed by atoms with Crippen molar-refractivity contribution in [3.05, 3.63) is 36.5 Å². The number of aryl methyl sites for hydroxylation is 1. The minimum absolute atomic E-state index is 0.0474. The number of hydrogen-bond donors (Lipinski definition) is 1. The summed E-state index contributed by atoms with van der Waals surface area (Å²) in [5.41, 5.74) is 0.744. The van der Waals surface area contributed by atoms with Gasteiger partial charge in [0.15, 0.2) is 0 Å². The fraction of sp³-hybridized carbons (Fsp3) is 0.400. The molecular formula is C15H18N4O3. The maximum atomic E-state index is 12.2. The Bertz CT molecular complexity index is 662. The first-order valence-corrected chi connectivity index (χ1v) is 7.30. The van der Waals surface area contributed by atoms with Crippen molar-refractivity contribution in [3.63, 3.8) is 0 Å². The van der Waals surface area contributed by atoms with E-state index in [0.29, 0.717) is 18.8 Å². The summed E-state index contributed by atoms with van der Waals surface area (Å²) in [6.45, 7) is 3.45. The van der Waals surface area contributed by atoms with E-state index in [4.69, 9.17) is 4.42 Å². The van der Waals surface area contributed by atoms with Gasteiger partial charge < -0.3 is 14.6 Å². The van der Waals surface area contributed by atoms with Crippen LogP contribution in [0, 0.1) is 5.92 Å². The van der Waals surface area contributed by atoms with Crippen LogP contribution < -0.4 is 10.2 Å². The highest BCUT2D eigenvalue weighted by Gasteiger charge is 2.35. The summed E-state index contributed by atoms with van der Waals surface area (Å²) in [6, 6.07) is 3.57. The smallest absolute Gasteiger partial charge is 0.227 e. The molecule has 1 N–H and O–H groups in total. The van der Waals surface area contributed by atoms with Crippen LogP contribution in [0.3, 0.4) is 0 Å². The number of hydrogen-bond acceptors (Lipinski definition) is 4. The van der Waals surface area contributed by atoms with Gasteiger partial charge in [-0.3, -0.25) is 14.3 Å². The van der Waals surface area contributed by atoms with E-state index >= 15 is 0 Å². The van der Waals surface area contributed by atoms with E-state index in [9.17, 15) is 9.59 Å². The van der Waals surface area contributed by atoms with E-state index in [2.05, 4.69) is 10.4 Å². The van der Waals surface area contributed by atoms with Gasteiger partial charge in [0.1, 0.15) is 5.76 Å². The summed E-state index contributed by atoms with van der Waals surface area (Å²) in [4.78, 5) is 25.9. The number of amides is 2. The van der Waals surface area contributed by atoms with Crippen LogP contribution in [0.1, 0.15) is 19.1 Å². The third-order valence-electron chi connectivity index (χ3n) is 3.77. The van der Waals surface area contributed by atoms with Gasteiger partial charge in [0, 0.05) is 25.7 Å². The zero-order valence-corrected chi connectivity index (χ0v) is 12.4. The Morgan fingerprint density at radius 1 is 1.55 bits per heavy atom. The quantitative estimate of drug-likeness (QED) is 0.899. The van der Waals surface area contributed by atoms with Gasteiger partial charge in [-0.25, -0.2) is 0 Å². The van der Waals surface area contributed by atoms with Crippen molar-refractivity contribution < 1.29 is 14.0 Å². The van der Waals surface area contributed by atoms with Crippen LogP contribution in [0.15, 0.2) is 35.2 Å². The zero-order valence-electron chi connectivity index (χ0n) is 12.4. The first-order chi connectivity index (χ1) is 10.7. The molecule has 7 heteroatoms. The standard InChI is InChI=1S/C15H18N4O3/c1-2-18-10-12(7-17-18)19-9-11(6-14(19)20)15(21)16-8-13-4-3-5-22-13/h3-5,7,10-11H,2,6,8-9H2,1H3,(H,16,21). The minimum Gasteiger partial charge on any atom is -0.467 e. The molecule has 1 atom stereocenters. The molecule has 0 bridgehead atoms. The molecule has 2 aromatic heterocycles. The molecule has 0 saturated carbocycles. The maximum Gasteiger partial charge on any atom is 0.227 e. The first kappa shape index (κ1) is 14.4. The lowest BCUT2D eigenvalue weighted by Gasteiger charge is -2.14. The van der Waals surface area contributed by atoms with Gasteiger partial charge in [0.05, 0.1) is 30.6 Å². The molecule has 3 heterocycles. The molecule has 0 radical (unpaired) electrons. The van der Waals surface area contributed by atoms with Crippen LogP contribution in [0.25, 0.3) is 0 Å². The van der Waals surface area contributed by atoms with Crippen LogP contribution in [0.4, 0.5) is 5.69 Å². The summed E-state index contributed by atoms with van der Waals surface area (Å²) in [7, 11) is 0. The Morgan fingerprint density at radius 2 is 2.41 bits per heavy atom. The summed E-state index contributed by atoms with van der Waals surface area (Å²) in [6.07, 6.45) is 5.26. The van der Waals surface area contributed by atoms with Crippen molar-refractivity contribution in [2.45, 2.75) is 26.4 Å². The van der Waals surface area contributed by atoms with Gasteiger partial charge in [-0.1, -0.05) is 0 Å². The Morgan fingerprint density at radius 3 is 3.09 bits per heavy atom. The molecule has 22 heavy (non-hydrogen) atoms. The lowest BCUT2D eigenvalue weighted by Crippen LogP contribution is -2.32. The molecule has 7 nitrogen and oxygen atoms in total. The van der Waals surface area contributed by atoms with Gasteiger partial charge in [0.25, 0.3) is 0 Å². The number of carbonyl (C=O) groups excluding carboxylic acids is 2. The number of carbonyl (C=O) groups is 2. The molecule has 116 valence electrons. The summed E-state index contributed by atoms with van der Waals surface area (Å²) in [5.74, 6) is 0.176. The average molecular weight is 302 g/mol. The number of aromatic nitrogens is 2. The molecule has 1 aliphatic heterocycles. The first-order valence-electron chi connectivity index (χ1n) is 7.30. The van der Waals surface area contributed by atoms with Crippen LogP contribution in [0.5, 0.6) is 0 Å². The van der Waals surface area contributed by atoms with Crippen molar-refractivity contribution in [1.82, 2.24) is 15.1 Å². The topological polar surface area (TPSA) is 80.4 Å². The van der Waals surface area contributed by atoms with Crippen molar-refractivity contribution >= 4 is 17.5 Å². The Labute approximate surface area is 127 Å². The Hall–Kier alpha value is -2.57. The predicted octanol–water partition coefficient (Wildman–Crippen LogP) is 1.17. The van der Waals surface area contributed by atoms with E-state index < -0.39 is 0 Å². The normalized spacial score (nSPS) is 18.0. The number of rotatable bonds is 5. The monoisotopic (exact) mass is 302 g/mol. The van der Waals surface area contributed by atoms with Crippen LogP contribution in [0.2, 0.25) is 0 Å². The van der Waals surface area contributed by atoms with E-state index in [1.165, 1.54) is 0 Å². The van der Waals surface area contributed by atoms with E-state index in [1.807, 2.05) is 13.1 Å². The van der Waals surface area contributed by atoms with Gasteiger partial charge in [0.2, 0.25) is 11.8 Å².